The van der Waals surface area contributed by atoms with E-state index in [1.807, 2.05) is 4.90 Å². The Kier molecular flexibility index (Phi) is 4.64. The SMILES string of the molecule is Cl.O=C(C1CC1)N1CCCC(C(=O)N2C[C@H]3CNC[C@H]3C2)C1. The van der Waals surface area contributed by atoms with Gasteiger partial charge in [0.05, 0.1) is 5.92 Å². The van der Waals surface area contributed by atoms with E-state index in [1.54, 1.807) is 0 Å². The number of carbonyl (C=O) groups excluding carboxylic acids is 2. The van der Waals surface area contributed by atoms with E-state index in [1.165, 1.54) is 0 Å². The lowest BCUT2D eigenvalue weighted by Gasteiger charge is -2.34. The number of likely N-dealkylation sites (tertiary alicyclic amines) is 2. The second-order valence-electron chi connectivity index (χ2n) is 7.32. The molecule has 6 heteroatoms. The van der Waals surface area contributed by atoms with Gasteiger partial charge in [-0.15, -0.1) is 12.4 Å². The first-order valence-corrected chi connectivity index (χ1v) is 8.50. The van der Waals surface area contributed by atoms with Crippen LogP contribution in [0.5, 0.6) is 0 Å². The number of nitrogens with zero attached hydrogens (tertiary/aromatic N) is 2. The van der Waals surface area contributed by atoms with Crippen LogP contribution in [-0.4, -0.2) is 60.9 Å². The summed E-state index contributed by atoms with van der Waals surface area (Å²) < 4.78 is 0. The maximum Gasteiger partial charge on any atom is 0.227 e. The van der Waals surface area contributed by atoms with E-state index in [9.17, 15) is 9.59 Å². The van der Waals surface area contributed by atoms with Crippen molar-refractivity contribution in [2.45, 2.75) is 25.7 Å². The van der Waals surface area contributed by atoms with Gasteiger partial charge in [0, 0.05) is 45.2 Å². The van der Waals surface area contributed by atoms with Crippen molar-refractivity contribution in [3.05, 3.63) is 0 Å². The highest BCUT2D eigenvalue weighted by molar-refractivity contribution is 5.85. The van der Waals surface area contributed by atoms with E-state index in [2.05, 4.69) is 10.2 Å². The van der Waals surface area contributed by atoms with Gasteiger partial charge in [-0.25, -0.2) is 0 Å². The molecule has 124 valence electrons. The average molecular weight is 328 g/mol. The van der Waals surface area contributed by atoms with Crippen molar-refractivity contribution in [1.82, 2.24) is 15.1 Å². The van der Waals surface area contributed by atoms with Crippen LogP contribution >= 0.6 is 12.4 Å². The number of rotatable bonds is 2. The standard InChI is InChI=1S/C16H25N3O2.ClH/c20-15(11-3-4-11)18-5-1-2-12(8-18)16(21)19-9-13-6-17-7-14(13)10-19;/h11-14,17H,1-10H2;1H/t12?,13-,14+;. The Bertz CT molecular complexity index is 443. The van der Waals surface area contributed by atoms with E-state index in [0.717, 1.165) is 58.4 Å². The average Bonchev–Trinajstić information content (AvgIpc) is 3.13. The second kappa shape index (κ2) is 6.36. The van der Waals surface area contributed by atoms with Gasteiger partial charge in [0.15, 0.2) is 0 Å². The molecule has 0 aromatic rings. The third-order valence-electron chi connectivity index (χ3n) is 5.71. The van der Waals surface area contributed by atoms with Crippen LogP contribution in [0.2, 0.25) is 0 Å². The van der Waals surface area contributed by atoms with Gasteiger partial charge in [0.1, 0.15) is 0 Å². The summed E-state index contributed by atoms with van der Waals surface area (Å²) in [4.78, 5) is 29.0. The lowest BCUT2D eigenvalue weighted by molar-refractivity contribution is -0.141. The molecular weight excluding hydrogens is 302 g/mol. The van der Waals surface area contributed by atoms with E-state index in [-0.39, 0.29) is 24.2 Å². The van der Waals surface area contributed by atoms with Crippen LogP contribution in [0.15, 0.2) is 0 Å². The fourth-order valence-electron chi connectivity index (χ4n) is 4.26. The van der Waals surface area contributed by atoms with Crippen LogP contribution in [0.25, 0.3) is 0 Å². The van der Waals surface area contributed by atoms with Gasteiger partial charge in [-0.05, 0) is 37.5 Å². The van der Waals surface area contributed by atoms with Crippen LogP contribution in [0, 0.1) is 23.7 Å². The van der Waals surface area contributed by atoms with E-state index in [4.69, 9.17) is 0 Å². The Balaban J connectivity index is 0.00000144. The molecule has 4 rings (SSSR count). The van der Waals surface area contributed by atoms with Gasteiger partial charge in [0.2, 0.25) is 11.8 Å². The number of hydrogen-bond acceptors (Lipinski definition) is 3. The van der Waals surface area contributed by atoms with Gasteiger partial charge < -0.3 is 15.1 Å². The fourth-order valence-corrected chi connectivity index (χ4v) is 4.26. The van der Waals surface area contributed by atoms with Crippen molar-refractivity contribution >= 4 is 24.2 Å². The predicted octanol–water partition coefficient (Wildman–Crippen LogP) is 0.735. The minimum absolute atomic E-state index is 0. The first-order valence-electron chi connectivity index (χ1n) is 8.50. The minimum Gasteiger partial charge on any atom is -0.342 e. The summed E-state index contributed by atoms with van der Waals surface area (Å²) in [5.41, 5.74) is 0. The maximum absolute atomic E-state index is 12.8. The van der Waals surface area contributed by atoms with Crippen LogP contribution in [-0.2, 0) is 9.59 Å². The summed E-state index contributed by atoms with van der Waals surface area (Å²) in [5, 5.41) is 3.41. The number of hydrogen-bond donors (Lipinski definition) is 1. The monoisotopic (exact) mass is 327 g/mol. The molecule has 3 aliphatic heterocycles. The molecule has 1 unspecified atom stereocenters. The number of amides is 2. The molecule has 1 aliphatic carbocycles. The molecule has 4 aliphatic rings. The van der Waals surface area contributed by atoms with Gasteiger partial charge in [0.25, 0.3) is 0 Å². The minimum atomic E-state index is 0. The maximum atomic E-state index is 12.8. The zero-order valence-corrected chi connectivity index (χ0v) is 13.8. The topological polar surface area (TPSA) is 52.7 Å². The molecule has 0 bridgehead atoms. The molecular formula is C16H26ClN3O2. The van der Waals surface area contributed by atoms with Crippen LogP contribution in [0.1, 0.15) is 25.7 Å². The zero-order valence-electron chi connectivity index (χ0n) is 13.0. The summed E-state index contributed by atoms with van der Waals surface area (Å²) >= 11 is 0. The van der Waals surface area contributed by atoms with Crippen molar-refractivity contribution < 1.29 is 9.59 Å². The normalized spacial score (nSPS) is 34.3. The molecule has 3 saturated heterocycles. The Hall–Kier alpha value is -0.810. The molecule has 0 aromatic carbocycles. The van der Waals surface area contributed by atoms with E-state index in [0.29, 0.717) is 30.2 Å². The molecule has 1 saturated carbocycles. The molecule has 2 amide bonds. The first-order chi connectivity index (χ1) is 10.2. The largest absolute Gasteiger partial charge is 0.342 e. The van der Waals surface area contributed by atoms with E-state index < -0.39 is 0 Å². The van der Waals surface area contributed by atoms with E-state index >= 15 is 0 Å². The predicted molar refractivity (Wildman–Crippen MR) is 85.7 cm³/mol. The summed E-state index contributed by atoms with van der Waals surface area (Å²) in [6.45, 7) is 5.48. The summed E-state index contributed by atoms with van der Waals surface area (Å²) in [6, 6.07) is 0. The summed E-state index contributed by atoms with van der Waals surface area (Å²) in [6.07, 6.45) is 4.04. The van der Waals surface area contributed by atoms with Crippen LogP contribution in [0.3, 0.4) is 0 Å². The quantitative estimate of drug-likeness (QED) is 0.813. The molecule has 0 radical (unpaired) electrons. The first kappa shape index (κ1) is 16.1. The number of fused-ring (bicyclic) bond motifs is 1. The van der Waals surface area contributed by atoms with Gasteiger partial charge >= 0.3 is 0 Å². The highest BCUT2D eigenvalue weighted by Crippen LogP contribution is 2.33. The fraction of sp³-hybridized carbons (Fsp3) is 0.875. The number of piperidine rings is 1. The van der Waals surface area contributed by atoms with Crippen molar-refractivity contribution in [3.8, 4) is 0 Å². The number of halogens is 1. The van der Waals surface area contributed by atoms with Crippen molar-refractivity contribution in [1.29, 1.82) is 0 Å². The van der Waals surface area contributed by atoms with Gasteiger partial charge in [-0.3, -0.25) is 9.59 Å². The Morgan fingerprint density at radius 2 is 1.45 bits per heavy atom. The highest BCUT2D eigenvalue weighted by atomic mass is 35.5. The second-order valence-corrected chi connectivity index (χ2v) is 7.32. The number of nitrogens with one attached hydrogen (secondary N) is 1. The molecule has 1 N–H and O–H groups in total. The molecule has 3 atom stereocenters. The Morgan fingerprint density at radius 3 is 2.09 bits per heavy atom. The highest BCUT2D eigenvalue weighted by Gasteiger charge is 2.42. The van der Waals surface area contributed by atoms with Crippen molar-refractivity contribution in [3.63, 3.8) is 0 Å². The molecule has 0 aromatic heterocycles. The molecule has 4 fully saturated rings. The van der Waals surface area contributed by atoms with Gasteiger partial charge in [-0.1, -0.05) is 0 Å². The molecule has 5 nitrogen and oxygen atoms in total. The lowest BCUT2D eigenvalue weighted by atomic mass is 9.96. The van der Waals surface area contributed by atoms with Crippen LogP contribution < -0.4 is 5.32 Å². The summed E-state index contributed by atoms with van der Waals surface area (Å²) in [5.74, 6) is 2.24. The molecule has 3 heterocycles. The van der Waals surface area contributed by atoms with Crippen molar-refractivity contribution in [2.75, 3.05) is 39.3 Å². The Morgan fingerprint density at radius 1 is 0.818 bits per heavy atom. The lowest BCUT2D eigenvalue weighted by Crippen LogP contribution is -2.47. The number of carbonyl (C=O) groups is 2. The summed E-state index contributed by atoms with van der Waals surface area (Å²) in [7, 11) is 0. The van der Waals surface area contributed by atoms with Crippen molar-refractivity contribution in [2.24, 2.45) is 23.7 Å². The molecule has 22 heavy (non-hydrogen) atoms. The zero-order chi connectivity index (χ0) is 14.4. The van der Waals surface area contributed by atoms with Crippen LogP contribution in [0.4, 0.5) is 0 Å². The third-order valence-corrected chi connectivity index (χ3v) is 5.71. The Labute approximate surface area is 138 Å². The smallest absolute Gasteiger partial charge is 0.227 e. The van der Waals surface area contributed by atoms with Gasteiger partial charge in [-0.2, -0.15) is 0 Å². The molecule has 0 spiro atoms. The third kappa shape index (κ3) is 2.98.